The van der Waals surface area contributed by atoms with Gasteiger partial charge >= 0.3 is 19.2 Å². The van der Waals surface area contributed by atoms with Crippen LogP contribution in [0.5, 0.6) is 0 Å². The van der Waals surface area contributed by atoms with Crippen LogP contribution in [0.25, 0.3) is 0 Å². The molecule has 0 aliphatic carbocycles. The summed E-state index contributed by atoms with van der Waals surface area (Å²) in [5, 5.41) is 0.215. The van der Waals surface area contributed by atoms with Gasteiger partial charge in [-0.15, -0.1) is 0 Å². The van der Waals surface area contributed by atoms with Crippen LogP contribution in [0.4, 0.5) is 4.79 Å². The number of esters is 1. The average Bonchev–Trinajstić information content (AvgIpc) is 2.92. The first kappa shape index (κ1) is 23.7. The predicted molar refractivity (Wildman–Crippen MR) is 118 cm³/mol. The van der Waals surface area contributed by atoms with Crippen molar-refractivity contribution in [1.29, 1.82) is 0 Å². The summed E-state index contributed by atoms with van der Waals surface area (Å²) in [6.45, 7) is 14.2. The average molecular weight is 441 g/mol. The summed E-state index contributed by atoms with van der Waals surface area (Å²) in [6, 6.07) is -0.609. The Hall–Kier alpha value is -0.925. The molecule has 0 aromatic heterocycles. The van der Waals surface area contributed by atoms with E-state index in [1.165, 1.54) is 7.11 Å². The van der Waals surface area contributed by atoms with Crippen LogP contribution in [0.15, 0.2) is 0 Å². The van der Waals surface area contributed by atoms with Crippen LogP contribution < -0.4 is 0 Å². The van der Waals surface area contributed by atoms with Gasteiger partial charge in [-0.2, -0.15) is 11.8 Å². The molecule has 3 atom stereocenters. The molecule has 3 saturated heterocycles. The minimum atomic E-state index is -0.615. The van der Waals surface area contributed by atoms with Crippen LogP contribution >= 0.6 is 11.8 Å². The Balaban J connectivity index is 1.69. The Morgan fingerprint density at radius 2 is 1.77 bits per heavy atom. The highest BCUT2D eigenvalue weighted by Gasteiger charge is 2.64. The highest BCUT2D eigenvalue weighted by Crippen LogP contribution is 2.58. The fourth-order valence-corrected chi connectivity index (χ4v) is 6.17. The van der Waals surface area contributed by atoms with Gasteiger partial charge in [-0.1, -0.05) is 6.42 Å². The lowest BCUT2D eigenvalue weighted by Crippen LogP contribution is -2.55. The van der Waals surface area contributed by atoms with E-state index in [0.29, 0.717) is 6.54 Å². The third kappa shape index (κ3) is 4.22. The number of thioether (sulfide) groups is 1. The van der Waals surface area contributed by atoms with Crippen LogP contribution in [-0.2, 0) is 23.6 Å². The molecule has 0 aromatic rings. The fourth-order valence-electron chi connectivity index (χ4n) is 4.52. The summed E-state index contributed by atoms with van der Waals surface area (Å²) in [7, 11) is 1.13. The molecule has 3 rings (SSSR count). The number of carbonyl (C=O) groups excluding carboxylic acids is 2. The molecule has 0 bridgehead atoms. The van der Waals surface area contributed by atoms with Gasteiger partial charge in [0.05, 0.1) is 18.3 Å². The highest BCUT2D eigenvalue weighted by molar-refractivity contribution is 8.01. The molecule has 9 heteroatoms. The van der Waals surface area contributed by atoms with E-state index in [4.69, 9.17) is 18.8 Å². The zero-order chi connectivity index (χ0) is 22.5. The number of hydrogen-bond acceptors (Lipinski definition) is 7. The standard InChI is InChI=1S/C21H36BNO6S/c1-18(2,3)27-17(25)23-12-14-21(13-30-14,15(23)16(24)26-8)10-9-11-22-28-19(4,5)20(6,7)29-22/h14-15H,9-13H2,1-8H3/t14-,15+,21-/m0/s1. The van der Waals surface area contributed by atoms with Crippen molar-refractivity contribution in [3.05, 3.63) is 0 Å². The molecule has 0 radical (unpaired) electrons. The third-order valence-corrected chi connectivity index (χ3v) is 8.57. The van der Waals surface area contributed by atoms with Crippen molar-refractivity contribution in [2.24, 2.45) is 5.41 Å². The van der Waals surface area contributed by atoms with E-state index >= 15 is 0 Å². The first-order valence-corrected chi connectivity index (χ1v) is 11.8. The van der Waals surface area contributed by atoms with E-state index in [0.717, 1.165) is 24.9 Å². The van der Waals surface area contributed by atoms with Gasteiger partial charge in [0, 0.05) is 23.0 Å². The van der Waals surface area contributed by atoms with Gasteiger partial charge in [0.25, 0.3) is 0 Å². The molecule has 30 heavy (non-hydrogen) atoms. The summed E-state index contributed by atoms with van der Waals surface area (Å²) < 4.78 is 22.9. The van der Waals surface area contributed by atoms with Gasteiger partial charge in [-0.3, -0.25) is 4.90 Å². The van der Waals surface area contributed by atoms with Gasteiger partial charge < -0.3 is 18.8 Å². The summed E-state index contributed by atoms with van der Waals surface area (Å²) >= 11 is 1.81. The monoisotopic (exact) mass is 441 g/mol. The largest absolute Gasteiger partial charge is 0.467 e. The van der Waals surface area contributed by atoms with E-state index in [-0.39, 0.29) is 35.0 Å². The number of methoxy groups -OCH3 is 1. The molecular weight excluding hydrogens is 405 g/mol. The fraction of sp³-hybridized carbons (Fsp3) is 0.905. The highest BCUT2D eigenvalue weighted by atomic mass is 32.2. The minimum absolute atomic E-state index is 0.215. The van der Waals surface area contributed by atoms with Gasteiger partial charge in [0.15, 0.2) is 0 Å². The molecule has 0 spiro atoms. The number of amides is 1. The summed E-state index contributed by atoms with van der Waals surface area (Å²) in [5.74, 6) is 0.472. The Kier molecular flexibility index (Phi) is 6.24. The van der Waals surface area contributed by atoms with Gasteiger partial charge in [-0.25, -0.2) is 9.59 Å². The van der Waals surface area contributed by atoms with E-state index in [1.54, 1.807) is 4.90 Å². The van der Waals surface area contributed by atoms with Crippen molar-refractivity contribution in [1.82, 2.24) is 4.90 Å². The number of fused-ring (bicyclic) bond motifs is 1. The van der Waals surface area contributed by atoms with E-state index < -0.39 is 17.7 Å². The van der Waals surface area contributed by atoms with Crippen molar-refractivity contribution < 1.29 is 28.4 Å². The second-order valence-corrected chi connectivity index (χ2v) is 11.9. The molecule has 7 nitrogen and oxygen atoms in total. The maximum Gasteiger partial charge on any atom is 0.457 e. The molecule has 3 fully saturated rings. The lowest BCUT2D eigenvalue weighted by Gasteiger charge is -2.46. The summed E-state index contributed by atoms with van der Waals surface area (Å²) in [4.78, 5) is 27.2. The minimum Gasteiger partial charge on any atom is -0.467 e. The van der Waals surface area contributed by atoms with Crippen LogP contribution in [0.1, 0.15) is 61.3 Å². The second-order valence-electron chi connectivity index (χ2n) is 10.7. The third-order valence-electron chi connectivity index (χ3n) is 6.85. The Labute approximate surface area is 185 Å². The summed E-state index contributed by atoms with van der Waals surface area (Å²) in [6.07, 6.45) is 1.97. The maximum atomic E-state index is 12.8. The zero-order valence-corrected chi connectivity index (χ0v) is 20.4. The van der Waals surface area contributed by atoms with Crippen LogP contribution in [0.2, 0.25) is 6.32 Å². The molecule has 0 unspecified atom stereocenters. The molecule has 3 aliphatic heterocycles. The van der Waals surface area contributed by atoms with Crippen LogP contribution in [0.3, 0.4) is 0 Å². The number of nitrogens with zero attached hydrogens (tertiary/aromatic N) is 1. The van der Waals surface area contributed by atoms with Crippen molar-refractivity contribution in [3.8, 4) is 0 Å². The van der Waals surface area contributed by atoms with Crippen LogP contribution in [-0.4, -0.2) is 71.6 Å². The van der Waals surface area contributed by atoms with Gasteiger partial charge in [0.1, 0.15) is 11.6 Å². The zero-order valence-electron chi connectivity index (χ0n) is 19.6. The lowest BCUT2D eigenvalue weighted by molar-refractivity contribution is -0.149. The molecular formula is C21H36BNO6S. The van der Waals surface area contributed by atoms with E-state index in [1.807, 2.05) is 60.2 Å². The molecule has 1 amide bonds. The molecule has 3 aliphatic rings. The smallest absolute Gasteiger partial charge is 0.457 e. The first-order valence-electron chi connectivity index (χ1n) is 10.8. The van der Waals surface area contributed by atoms with Crippen molar-refractivity contribution in [2.45, 2.75) is 95.7 Å². The summed E-state index contributed by atoms with van der Waals surface area (Å²) in [5.41, 5.74) is -1.59. The quantitative estimate of drug-likeness (QED) is 0.475. The predicted octanol–water partition coefficient (Wildman–Crippen LogP) is 3.75. The van der Waals surface area contributed by atoms with Crippen molar-refractivity contribution >= 4 is 30.9 Å². The lowest BCUT2D eigenvalue weighted by atomic mass is 9.72. The molecule has 0 aromatic carbocycles. The number of ether oxygens (including phenoxy) is 2. The molecule has 0 N–H and O–H groups in total. The van der Waals surface area contributed by atoms with Gasteiger partial charge in [-0.05, 0) is 61.2 Å². The Morgan fingerprint density at radius 3 is 2.23 bits per heavy atom. The van der Waals surface area contributed by atoms with Crippen molar-refractivity contribution in [2.75, 3.05) is 19.4 Å². The van der Waals surface area contributed by atoms with E-state index in [9.17, 15) is 9.59 Å². The molecule has 0 saturated carbocycles. The van der Waals surface area contributed by atoms with E-state index in [2.05, 4.69) is 0 Å². The number of carbonyl (C=O) groups is 2. The Morgan fingerprint density at radius 1 is 1.17 bits per heavy atom. The van der Waals surface area contributed by atoms with Crippen molar-refractivity contribution in [3.63, 3.8) is 0 Å². The van der Waals surface area contributed by atoms with Crippen LogP contribution in [0, 0.1) is 5.41 Å². The maximum absolute atomic E-state index is 12.8. The van der Waals surface area contributed by atoms with Gasteiger partial charge in [0.2, 0.25) is 0 Å². The first-order chi connectivity index (χ1) is 13.7. The molecule has 170 valence electrons. The normalized spacial score (nSPS) is 31.9. The number of rotatable bonds is 5. The Bertz CT molecular complexity index is 677. The number of likely N-dealkylation sites (tertiary alicyclic amines) is 1. The SMILES string of the molecule is COC(=O)[C@H]1N(C(=O)OC(C)(C)C)C[C@@H]2SC[C@@]21CCCB1OC(C)(C)C(C)(C)O1. The molecule has 3 heterocycles. The second kappa shape index (κ2) is 7.89. The number of hydrogen-bond donors (Lipinski definition) is 0. The topological polar surface area (TPSA) is 74.3 Å².